The summed E-state index contributed by atoms with van der Waals surface area (Å²) in [7, 11) is 3.23. The van der Waals surface area contributed by atoms with Crippen LogP contribution in [0.3, 0.4) is 0 Å². The van der Waals surface area contributed by atoms with E-state index >= 15 is 0 Å². The molecule has 0 atom stereocenters. The van der Waals surface area contributed by atoms with Gasteiger partial charge in [0.05, 0.1) is 24.9 Å². The van der Waals surface area contributed by atoms with Gasteiger partial charge < -0.3 is 14.4 Å². The van der Waals surface area contributed by atoms with Crippen LogP contribution in [-0.2, 0) is 11.2 Å². The van der Waals surface area contributed by atoms with Gasteiger partial charge in [-0.2, -0.15) is 0 Å². The zero-order chi connectivity index (χ0) is 16.9. The van der Waals surface area contributed by atoms with E-state index in [1.807, 2.05) is 41.3 Å². The van der Waals surface area contributed by atoms with Gasteiger partial charge in [0, 0.05) is 12.2 Å². The van der Waals surface area contributed by atoms with Gasteiger partial charge in [-0.05, 0) is 36.6 Å². The van der Waals surface area contributed by atoms with E-state index in [4.69, 9.17) is 9.47 Å². The molecule has 3 rings (SSSR count). The molecule has 0 aromatic heterocycles. The molecule has 0 unspecified atom stereocenters. The standard InChI is InChI=1S/C19H21NO3S/c1-22-16-10-5-11-17(19(16)23-2)24-13-18(21)20-12-6-8-14-7-3-4-9-15(14)20/h3-5,7,9-11H,6,8,12-13H2,1-2H3. The van der Waals surface area contributed by atoms with E-state index in [1.165, 1.54) is 17.3 Å². The molecule has 0 saturated heterocycles. The monoisotopic (exact) mass is 343 g/mol. The van der Waals surface area contributed by atoms with Crippen molar-refractivity contribution in [2.24, 2.45) is 0 Å². The van der Waals surface area contributed by atoms with Gasteiger partial charge in [-0.3, -0.25) is 4.79 Å². The van der Waals surface area contributed by atoms with Gasteiger partial charge in [0.15, 0.2) is 11.5 Å². The van der Waals surface area contributed by atoms with Crippen LogP contribution < -0.4 is 14.4 Å². The number of hydrogen-bond acceptors (Lipinski definition) is 4. The number of fused-ring (bicyclic) bond motifs is 1. The molecular formula is C19H21NO3S. The first-order chi connectivity index (χ1) is 11.7. The molecule has 5 heteroatoms. The Kier molecular flexibility index (Phi) is 5.30. The minimum atomic E-state index is 0.122. The molecule has 1 amide bonds. The quantitative estimate of drug-likeness (QED) is 0.775. The van der Waals surface area contributed by atoms with Crippen molar-refractivity contribution in [3.63, 3.8) is 0 Å². The molecule has 0 saturated carbocycles. The number of amides is 1. The van der Waals surface area contributed by atoms with E-state index in [1.54, 1.807) is 14.2 Å². The zero-order valence-electron chi connectivity index (χ0n) is 14.0. The first-order valence-corrected chi connectivity index (χ1v) is 8.95. The smallest absolute Gasteiger partial charge is 0.237 e. The minimum Gasteiger partial charge on any atom is -0.493 e. The summed E-state index contributed by atoms with van der Waals surface area (Å²) in [5.74, 6) is 1.85. The average Bonchev–Trinajstić information content (AvgIpc) is 2.65. The molecule has 4 nitrogen and oxygen atoms in total. The Balaban J connectivity index is 1.73. The Bertz CT molecular complexity index is 732. The molecule has 0 fully saturated rings. The van der Waals surface area contributed by atoms with E-state index in [9.17, 15) is 4.79 Å². The number of rotatable bonds is 5. The maximum absolute atomic E-state index is 12.7. The highest BCUT2D eigenvalue weighted by molar-refractivity contribution is 8.00. The maximum Gasteiger partial charge on any atom is 0.237 e. The molecule has 24 heavy (non-hydrogen) atoms. The first kappa shape index (κ1) is 16.7. The number of aryl methyl sites for hydroxylation is 1. The minimum absolute atomic E-state index is 0.122. The van der Waals surface area contributed by atoms with Crippen LogP contribution in [0, 0.1) is 0 Å². The van der Waals surface area contributed by atoms with Crippen molar-refractivity contribution in [3.05, 3.63) is 48.0 Å². The van der Waals surface area contributed by atoms with Gasteiger partial charge in [-0.1, -0.05) is 24.3 Å². The SMILES string of the molecule is COc1cccc(SCC(=O)N2CCCc3ccccc32)c1OC. The van der Waals surface area contributed by atoms with Gasteiger partial charge in [-0.15, -0.1) is 11.8 Å². The maximum atomic E-state index is 12.7. The van der Waals surface area contributed by atoms with Gasteiger partial charge >= 0.3 is 0 Å². The molecule has 1 heterocycles. The molecule has 1 aliphatic heterocycles. The second kappa shape index (κ2) is 7.62. The zero-order valence-corrected chi connectivity index (χ0v) is 14.8. The first-order valence-electron chi connectivity index (χ1n) is 7.96. The molecule has 0 radical (unpaired) electrons. The van der Waals surface area contributed by atoms with Gasteiger partial charge in [0.2, 0.25) is 5.91 Å². The molecule has 2 aromatic carbocycles. The molecular weight excluding hydrogens is 322 g/mol. The van der Waals surface area contributed by atoms with Crippen molar-refractivity contribution in [2.45, 2.75) is 17.7 Å². The normalized spacial score (nSPS) is 13.3. The number of carbonyl (C=O) groups is 1. The number of ether oxygens (including phenoxy) is 2. The number of methoxy groups -OCH3 is 2. The number of hydrogen-bond donors (Lipinski definition) is 0. The summed E-state index contributed by atoms with van der Waals surface area (Å²) in [6.07, 6.45) is 2.05. The van der Waals surface area contributed by atoms with Crippen LogP contribution in [0.2, 0.25) is 0 Å². The Morgan fingerprint density at radius 2 is 1.96 bits per heavy atom. The van der Waals surface area contributed by atoms with Crippen molar-refractivity contribution < 1.29 is 14.3 Å². The number of carbonyl (C=O) groups excluding carboxylic acids is 1. The predicted octanol–water partition coefficient (Wildman–Crippen LogP) is 3.78. The lowest BCUT2D eigenvalue weighted by Crippen LogP contribution is -2.36. The van der Waals surface area contributed by atoms with Crippen LogP contribution in [0.25, 0.3) is 0 Å². The predicted molar refractivity (Wildman–Crippen MR) is 97.4 cm³/mol. The average molecular weight is 343 g/mol. The fraction of sp³-hybridized carbons (Fsp3) is 0.316. The summed E-state index contributed by atoms with van der Waals surface area (Å²) in [6.45, 7) is 0.783. The van der Waals surface area contributed by atoms with Crippen LogP contribution in [0.5, 0.6) is 11.5 Å². The molecule has 0 spiro atoms. The van der Waals surface area contributed by atoms with E-state index in [0.29, 0.717) is 17.3 Å². The Hall–Kier alpha value is -2.14. The van der Waals surface area contributed by atoms with E-state index in [2.05, 4.69) is 6.07 Å². The largest absolute Gasteiger partial charge is 0.493 e. The summed E-state index contributed by atoms with van der Waals surface area (Å²) in [4.78, 5) is 15.5. The molecule has 126 valence electrons. The van der Waals surface area contributed by atoms with E-state index in [-0.39, 0.29) is 5.91 Å². The number of anilines is 1. The Morgan fingerprint density at radius 3 is 2.75 bits per heavy atom. The lowest BCUT2D eigenvalue weighted by atomic mass is 10.0. The lowest BCUT2D eigenvalue weighted by molar-refractivity contribution is -0.116. The number of thioether (sulfide) groups is 1. The Labute approximate surface area is 146 Å². The van der Waals surface area contributed by atoms with Crippen LogP contribution in [-0.4, -0.2) is 32.4 Å². The van der Waals surface area contributed by atoms with Gasteiger partial charge in [0.25, 0.3) is 0 Å². The summed E-state index contributed by atoms with van der Waals surface area (Å²) in [5, 5.41) is 0. The van der Waals surface area contributed by atoms with Gasteiger partial charge in [-0.25, -0.2) is 0 Å². The van der Waals surface area contributed by atoms with Crippen LogP contribution in [0.15, 0.2) is 47.4 Å². The van der Waals surface area contributed by atoms with Crippen molar-refractivity contribution in [1.82, 2.24) is 0 Å². The second-order valence-corrected chi connectivity index (χ2v) is 6.58. The van der Waals surface area contributed by atoms with Gasteiger partial charge in [0.1, 0.15) is 0 Å². The lowest BCUT2D eigenvalue weighted by Gasteiger charge is -2.29. The topological polar surface area (TPSA) is 38.8 Å². The van der Waals surface area contributed by atoms with Crippen molar-refractivity contribution in [2.75, 3.05) is 31.4 Å². The molecule has 1 aliphatic rings. The molecule has 0 aliphatic carbocycles. The fourth-order valence-electron chi connectivity index (χ4n) is 2.98. The van der Waals surface area contributed by atoms with E-state index in [0.717, 1.165) is 30.0 Å². The van der Waals surface area contributed by atoms with Crippen LogP contribution in [0.4, 0.5) is 5.69 Å². The highest BCUT2D eigenvalue weighted by Crippen LogP contribution is 2.37. The summed E-state index contributed by atoms with van der Waals surface area (Å²) in [5.41, 5.74) is 2.30. The fourth-order valence-corrected chi connectivity index (χ4v) is 3.91. The number of benzene rings is 2. The Morgan fingerprint density at radius 1 is 1.12 bits per heavy atom. The summed E-state index contributed by atoms with van der Waals surface area (Å²) in [6, 6.07) is 13.9. The number of nitrogens with zero attached hydrogens (tertiary/aromatic N) is 1. The highest BCUT2D eigenvalue weighted by atomic mass is 32.2. The van der Waals surface area contributed by atoms with Crippen LogP contribution >= 0.6 is 11.8 Å². The van der Waals surface area contributed by atoms with Crippen molar-refractivity contribution >= 4 is 23.4 Å². The second-order valence-electron chi connectivity index (χ2n) is 5.56. The van der Waals surface area contributed by atoms with Crippen LogP contribution in [0.1, 0.15) is 12.0 Å². The third-order valence-corrected chi connectivity index (χ3v) is 5.15. The summed E-state index contributed by atoms with van der Waals surface area (Å²) < 4.78 is 10.7. The third-order valence-electron chi connectivity index (χ3n) is 4.13. The number of para-hydroxylation sites is 2. The third kappa shape index (κ3) is 3.36. The molecule has 0 N–H and O–H groups in total. The van der Waals surface area contributed by atoms with Crippen molar-refractivity contribution in [3.8, 4) is 11.5 Å². The van der Waals surface area contributed by atoms with Crippen molar-refractivity contribution in [1.29, 1.82) is 0 Å². The summed E-state index contributed by atoms with van der Waals surface area (Å²) >= 11 is 1.48. The molecule has 0 bridgehead atoms. The highest BCUT2D eigenvalue weighted by Gasteiger charge is 2.22. The van der Waals surface area contributed by atoms with E-state index < -0.39 is 0 Å². The molecule has 2 aromatic rings.